The fourth-order valence-electron chi connectivity index (χ4n) is 4.01. The van der Waals surface area contributed by atoms with Crippen LogP contribution in [0.4, 0.5) is 0 Å². The minimum atomic E-state index is -0.0309. The van der Waals surface area contributed by atoms with Crippen LogP contribution in [-0.4, -0.2) is 92.1 Å². The second-order valence-electron chi connectivity index (χ2n) is 7.74. The van der Waals surface area contributed by atoms with Gasteiger partial charge in [-0.15, -0.1) is 24.0 Å². The molecule has 1 atom stereocenters. The molecule has 0 aliphatic carbocycles. The van der Waals surface area contributed by atoms with E-state index >= 15 is 0 Å². The molecule has 8 heteroatoms. The Labute approximate surface area is 197 Å². The number of likely N-dealkylation sites (tertiary alicyclic amines) is 1. The molecule has 2 aliphatic heterocycles. The van der Waals surface area contributed by atoms with Gasteiger partial charge >= 0.3 is 0 Å². The van der Waals surface area contributed by atoms with Gasteiger partial charge in [0.05, 0.1) is 19.3 Å². The number of guanidine groups is 1. The maximum absolute atomic E-state index is 12.6. The number of benzene rings is 1. The number of carbonyl (C=O) groups excluding carboxylic acids is 1. The number of ether oxygens (including phenoxy) is 1. The summed E-state index contributed by atoms with van der Waals surface area (Å²) in [6, 6.07) is 10.2. The van der Waals surface area contributed by atoms with Crippen molar-refractivity contribution in [1.29, 1.82) is 0 Å². The van der Waals surface area contributed by atoms with Crippen molar-refractivity contribution in [3.8, 4) is 0 Å². The first-order valence-electron chi connectivity index (χ1n) is 10.8. The predicted molar refractivity (Wildman–Crippen MR) is 131 cm³/mol. The number of halogens is 1. The van der Waals surface area contributed by atoms with Crippen molar-refractivity contribution in [2.45, 2.75) is 32.4 Å². The third-order valence-electron chi connectivity index (χ3n) is 5.79. The highest BCUT2D eigenvalue weighted by atomic mass is 127. The van der Waals surface area contributed by atoms with Gasteiger partial charge in [0, 0.05) is 52.9 Å². The topological polar surface area (TPSA) is 60.4 Å². The van der Waals surface area contributed by atoms with E-state index in [2.05, 4.69) is 32.2 Å². The minimum absolute atomic E-state index is 0. The Morgan fingerprint density at radius 2 is 1.73 bits per heavy atom. The number of nitrogens with one attached hydrogen (secondary N) is 1. The lowest BCUT2D eigenvalue weighted by molar-refractivity contribution is -0.135. The Kier molecular flexibility index (Phi) is 10.9. The molecule has 1 aromatic carbocycles. The lowest BCUT2D eigenvalue weighted by Crippen LogP contribution is -2.57. The normalized spacial score (nSPS) is 18.8. The monoisotopic (exact) mass is 529 g/mol. The SMILES string of the molecule is CN=C(NCCOCc1ccccc1)N1CCN(C(C)C(=O)N2CCCC2)CC1.I. The van der Waals surface area contributed by atoms with E-state index in [-0.39, 0.29) is 35.9 Å². The number of hydrogen-bond acceptors (Lipinski definition) is 4. The van der Waals surface area contributed by atoms with Crippen LogP contribution in [0.3, 0.4) is 0 Å². The van der Waals surface area contributed by atoms with Crippen LogP contribution < -0.4 is 5.32 Å². The van der Waals surface area contributed by atoms with Gasteiger partial charge < -0.3 is 19.9 Å². The Balaban J connectivity index is 0.00000320. The molecule has 0 spiro atoms. The molecule has 30 heavy (non-hydrogen) atoms. The molecule has 2 heterocycles. The van der Waals surface area contributed by atoms with Crippen molar-refractivity contribution in [2.24, 2.45) is 4.99 Å². The van der Waals surface area contributed by atoms with Crippen molar-refractivity contribution in [3.63, 3.8) is 0 Å². The highest BCUT2D eigenvalue weighted by Gasteiger charge is 2.30. The summed E-state index contributed by atoms with van der Waals surface area (Å²) in [5, 5.41) is 3.39. The highest BCUT2D eigenvalue weighted by molar-refractivity contribution is 14.0. The average Bonchev–Trinajstić information content (AvgIpc) is 3.31. The van der Waals surface area contributed by atoms with Gasteiger partial charge in [-0.05, 0) is 25.3 Å². The second kappa shape index (κ2) is 13.1. The first-order chi connectivity index (χ1) is 14.2. The lowest BCUT2D eigenvalue weighted by Gasteiger charge is -2.39. The van der Waals surface area contributed by atoms with Gasteiger partial charge in [-0.25, -0.2) is 0 Å². The van der Waals surface area contributed by atoms with Crippen LogP contribution >= 0.6 is 24.0 Å². The van der Waals surface area contributed by atoms with Gasteiger partial charge in [0.25, 0.3) is 0 Å². The third-order valence-corrected chi connectivity index (χ3v) is 5.79. The Hall–Kier alpha value is -1.39. The van der Waals surface area contributed by atoms with Crippen molar-refractivity contribution >= 4 is 35.8 Å². The molecule has 168 valence electrons. The Morgan fingerprint density at radius 3 is 2.37 bits per heavy atom. The van der Waals surface area contributed by atoms with Gasteiger partial charge in [0.1, 0.15) is 0 Å². The summed E-state index contributed by atoms with van der Waals surface area (Å²) >= 11 is 0. The number of aliphatic imine (C=N–C) groups is 1. The second-order valence-corrected chi connectivity index (χ2v) is 7.74. The van der Waals surface area contributed by atoms with E-state index in [4.69, 9.17) is 4.74 Å². The number of carbonyl (C=O) groups is 1. The maximum atomic E-state index is 12.6. The number of nitrogens with zero attached hydrogens (tertiary/aromatic N) is 4. The van der Waals surface area contributed by atoms with E-state index < -0.39 is 0 Å². The van der Waals surface area contributed by atoms with Crippen LogP contribution in [0.5, 0.6) is 0 Å². The molecule has 1 amide bonds. The van der Waals surface area contributed by atoms with Crippen LogP contribution in [0.2, 0.25) is 0 Å². The lowest BCUT2D eigenvalue weighted by atomic mass is 10.2. The summed E-state index contributed by atoms with van der Waals surface area (Å²) in [5.41, 5.74) is 1.19. The smallest absolute Gasteiger partial charge is 0.239 e. The average molecular weight is 529 g/mol. The molecule has 2 aliphatic rings. The molecular formula is C22H36IN5O2. The zero-order valence-corrected chi connectivity index (χ0v) is 20.6. The highest BCUT2D eigenvalue weighted by Crippen LogP contribution is 2.14. The number of amides is 1. The molecule has 3 rings (SSSR count). The molecule has 2 fully saturated rings. The molecule has 0 bridgehead atoms. The van der Waals surface area contributed by atoms with E-state index in [0.717, 1.165) is 64.6 Å². The van der Waals surface area contributed by atoms with Gasteiger partial charge in [0.2, 0.25) is 5.91 Å². The van der Waals surface area contributed by atoms with Crippen LogP contribution in [0.1, 0.15) is 25.3 Å². The van der Waals surface area contributed by atoms with Crippen molar-refractivity contribution in [2.75, 3.05) is 59.5 Å². The fourth-order valence-corrected chi connectivity index (χ4v) is 4.01. The Morgan fingerprint density at radius 1 is 1.07 bits per heavy atom. The maximum Gasteiger partial charge on any atom is 0.239 e. The zero-order valence-electron chi connectivity index (χ0n) is 18.3. The fraction of sp³-hybridized carbons (Fsp3) is 0.636. The van der Waals surface area contributed by atoms with E-state index in [1.807, 2.05) is 37.1 Å². The summed E-state index contributed by atoms with van der Waals surface area (Å²) in [4.78, 5) is 23.6. The van der Waals surface area contributed by atoms with E-state index in [1.54, 1.807) is 0 Å². The zero-order chi connectivity index (χ0) is 20.5. The molecule has 1 N–H and O–H groups in total. The largest absolute Gasteiger partial charge is 0.375 e. The molecule has 0 saturated carbocycles. The molecule has 1 unspecified atom stereocenters. The van der Waals surface area contributed by atoms with Crippen LogP contribution in [-0.2, 0) is 16.1 Å². The quantitative estimate of drug-likeness (QED) is 0.254. The van der Waals surface area contributed by atoms with Crippen LogP contribution in [0.15, 0.2) is 35.3 Å². The van der Waals surface area contributed by atoms with Gasteiger partial charge in [-0.2, -0.15) is 0 Å². The van der Waals surface area contributed by atoms with Crippen LogP contribution in [0, 0.1) is 0 Å². The standard InChI is InChI=1S/C22H35N5O2.HI/c1-19(21(28)26-11-6-7-12-26)25-13-15-27(16-14-25)22(23-2)24-10-17-29-18-20-8-4-3-5-9-20;/h3-5,8-9,19H,6-7,10-18H2,1-2H3,(H,23,24);1H. The summed E-state index contributed by atoms with van der Waals surface area (Å²) in [6.07, 6.45) is 2.28. The molecule has 2 saturated heterocycles. The summed E-state index contributed by atoms with van der Waals surface area (Å²) in [5.74, 6) is 1.19. The van der Waals surface area contributed by atoms with Gasteiger partial charge in [-0.3, -0.25) is 14.7 Å². The summed E-state index contributed by atoms with van der Waals surface area (Å²) in [7, 11) is 1.82. The van der Waals surface area contributed by atoms with E-state index in [1.165, 1.54) is 5.56 Å². The Bertz CT molecular complexity index is 659. The first kappa shape index (κ1) is 24.9. The molecule has 0 aromatic heterocycles. The van der Waals surface area contributed by atoms with Crippen molar-refractivity contribution in [3.05, 3.63) is 35.9 Å². The summed E-state index contributed by atoms with van der Waals surface area (Å²) in [6.45, 7) is 9.40. The predicted octanol–water partition coefficient (Wildman–Crippen LogP) is 2.03. The minimum Gasteiger partial charge on any atom is -0.375 e. The van der Waals surface area contributed by atoms with Crippen LogP contribution in [0.25, 0.3) is 0 Å². The van der Waals surface area contributed by atoms with E-state index in [0.29, 0.717) is 13.2 Å². The molecule has 0 radical (unpaired) electrons. The van der Waals surface area contributed by atoms with Crippen molar-refractivity contribution in [1.82, 2.24) is 20.0 Å². The molecule has 1 aromatic rings. The third kappa shape index (κ3) is 7.09. The van der Waals surface area contributed by atoms with Gasteiger partial charge in [-0.1, -0.05) is 30.3 Å². The van der Waals surface area contributed by atoms with Gasteiger partial charge in [0.15, 0.2) is 5.96 Å². The molecule has 7 nitrogen and oxygen atoms in total. The summed E-state index contributed by atoms with van der Waals surface area (Å²) < 4.78 is 5.74. The number of rotatable bonds is 7. The first-order valence-corrected chi connectivity index (χ1v) is 10.8. The number of piperazine rings is 1. The van der Waals surface area contributed by atoms with E-state index in [9.17, 15) is 4.79 Å². The molecular weight excluding hydrogens is 493 g/mol. The number of hydrogen-bond donors (Lipinski definition) is 1. The van der Waals surface area contributed by atoms with Crippen molar-refractivity contribution < 1.29 is 9.53 Å².